The highest BCUT2D eigenvalue weighted by Crippen LogP contribution is 2.14. The highest BCUT2D eigenvalue weighted by molar-refractivity contribution is 5.75. The summed E-state index contributed by atoms with van der Waals surface area (Å²) in [6, 6.07) is 9.76. The molecule has 0 aliphatic rings. The molecule has 1 rings (SSSR count). The Morgan fingerprint density at radius 3 is 2.38 bits per heavy atom. The van der Waals surface area contributed by atoms with Gasteiger partial charge in [0, 0.05) is 0 Å². The van der Waals surface area contributed by atoms with Crippen LogP contribution in [-0.4, -0.2) is 12.8 Å². The van der Waals surface area contributed by atoms with E-state index in [4.69, 9.17) is 9.47 Å². The maximum absolute atomic E-state index is 11.4. The summed E-state index contributed by atoms with van der Waals surface area (Å²) in [6.45, 7) is 5.90. The number of hydrogen-bond acceptors (Lipinski definition) is 3. The molecule has 0 amide bonds. The number of carbonyl (C=O) groups is 1. The Hall–Kier alpha value is -1.35. The minimum Gasteiger partial charge on any atom is -0.438 e. The van der Waals surface area contributed by atoms with Gasteiger partial charge in [-0.15, -0.1) is 0 Å². The van der Waals surface area contributed by atoms with Gasteiger partial charge in [0.1, 0.15) is 0 Å². The molecule has 0 aliphatic carbocycles. The molecule has 88 valence electrons. The average Bonchev–Trinajstić information content (AvgIpc) is 2.24. The maximum Gasteiger partial charge on any atom is 0.313 e. The van der Waals surface area contributed by atoms with Crippen LogP contribution in [0.25, 0.3) is 0 Å². The molecule has 1 aromatic rings. The molecule has 0 aliphatic heterocycles. The molecule has 0 atom stereocenters. The second-order valence-corrected chi connectivity index (χ2v) is 4.63. The molecule has 0 fully saturated rings. The smallest absolute Gasteiger partial charge is 0.313 e. The molecule has 0 saturated carbocycles. The molecule has 0 heterocycles. The fourth-order valence-electron chi connectivity index (χ4n) is 1.05. The van der Waals surface area contributed by atoms with E-state index in [0.29, 0.717) is 6.61 Å². The van der Waals surface area contributed by atoms with Crippen LogP contribution >= 0.6 is 0 Å². The van der Waals surface area contributed by atoms with E-state index < -0.39 is 5.41 Å². The van der Waals surface area contributed by atoms with E-state index in [2.05, 4.69) is 0 Å². The summed E-state index contributed by atoms with van der Waals surface area (Å²) in [7, 11) is 0. The van der Waals surface area contributed by atoms with Crippen molar-refractivity contribution in [2.45, 2.75) is 27.4 Å². The minimum absolute atomic E-state index is 0.00496. The Morgan fingerprint density at radius 1 is 1.19 bits per heavy atom. The third-order valence-electron chi connectivity index (χ3n) is 2.00. The van der Waals surface area contributed by atoms with Crippen LogP contribution in [0.5, 0.6) is 0 Å². The van der Waals surface area contributed by atoms with Gasteiger partial charge in [-0.25, -0.2) is 0 Å². The first-order chi connectivity index (χ1) is 7.50. The van der Waals surface area contributed by atoms with Crippen molar-refractivity contribution < 1.29 is 14.3 Å². The molecule has 1 aromatic carbocycles. The van der Waals surface area contributed by atoms with Crippen LogP contribution in [0.2, 0.25) is 0 Å². The highest BCUT2D eigenvalue weighted by Gasteiger charge is 2.22. The normalized spacial score (nSPS) is 11.2. The van der Waals surface area contributed by atoms with E-state index in [9.17, 15) is 4.79 Å². The Labute approximate surface area is 96.4 Å². The van der Waals surface area contributed by atoms with Gasteiger partial charge in [-0.3, -0.25) is 4.79 Å². The lowest BCUT2D eigenvalue weighted by Gasteiger charge is -2.16. The van der Waals surface area contributed by atoms with E-state index in [-0.39, 0.29) is 12.8 Å². The molecule has 3 nitrogen and oxygen atoms in total. The lowest BCUT2D eigenvalue weighted by atomic mass is 9.98. The lowest BCUT2D eigenvalue weighted by molar-refractivity contribution is -0.166. The number of esters is 1. The first-order valence-electron chi connectivity index (χ1n) is 5.29. The summed E-state index contributed by atoms with van der Waals surface area (Å²) in [4.78, 5) is 11.4. The fraction of sp³-hybridized carbons (Fsp3) is 0.462. The summed E-state index contributed by atoms with van der Waals surface area (Å²) in [6.07, 6.45) is 0. The van der Waals surface area contributed by atoms with Crippen LogP contribution in [0.4, 0.5) is 0 Å². The van der Waals surface area contributed by atoms with Gasteiger partial charge in [-0.05, 0) is 26.3 Å². The van der Waals surface area contributed by atoms with E-state index in [1.165, 1.54) is 0 Å². The van der Waals surface area contributed by atoms with Crippen LogP contribution in [0.1, 0.15) is 26.3 Å². The van der Waals surface area contributed by atoms with Crippen molar-refractivity contribution in [2.75, 3.05) is 6.79 Å². The third-order valence-corrected chi connectivity index (χ3v) is 2.00. The molecule has 0 saturated heterocycles. The Bertz CT molecular complexity index is 325. The van der Waals surface area contributed by atoms with Gasteiger partial charge in [0.05, 0.1) is 12.0 Å². The zero-order valence-corrected chi connectivity index (χ0v) is 10.0. The zero-order chi connectivity index (χ0) is 12.0. The third kappa shape index (κ3) is 4.45. The van der Waals surface area contributed by atoms with Gasteiger partial charge in [-0.1, -0.05) is 30.3 Å². The highest BCUT2D eigenvalue weighted by atomic mass is 16.7. The molecule has 16 heavy (non-hydrogen) atoms. The van der Waals surface area contributed by atoms with Crippen LogP contribution in [0.3, 0.4) is 0 Å². The van der Waals surface area contributed by atoms with E-state index in [1.54, 1.807) is 0 Å². The van der Waals surface area contributed by atoms with Gasteiger partial charge >= 0.3 is 5.97 Å². The van der Waals surface area contributed by atoms with Crippen molar-refractivity contribution in [1.82, 2.24) is 0 Å². The van der Waals surface area contributed by atoms with Crippen molar-refractivity contribution in [1.29, 1.82) is 0 Å². The molecular weight excluding hydrogens is 204 g/mol. The number of rotatable bonds is 4. The number of ether oxygens (including phenoxy) is 2. The van der Waals surface area contributed by atoms with Crippen LogP contribution < -0.4 is 0 Å². The second kappa shape index (κ2) is 5.66. The van der Waals surface area contributed by atoms with Gasteiger partial charge in [0.2, 0.25) is 0 Å². The van der Waals surface area contributed by atoms with Crippen molar-refractivity contribution in [3.63, 3.8) is 0 Å². The summed E-state index contributed by atoms with van der Waals surface area (Å²) < 4.78 is 10.2. The quantitative estimate of drug-likeness (QED) is 0.446. The lowest BCUT2D eigenvalue weighted by Crippen LogP contribution is -2.23. The largest absolute Gasteiger partial charge is 0.438 e. The van der Waals surface area contributed by atoms with Crippen molar-refractivity contribution in [3.8, 4) is 0 Å². The van der Waals surface area contributed by atoms with Crippen molar-refractivity contribution >= 4 is 5.97 Å². The van der Waals surface area contributed by atoms with Gasteiger partial charge in [0.25, 0.3) is 0 Å². The zero-order valence-electron chi connectivity index (χ0n) is 10.0. The topological polar surface area (TPSA) is 35.5 Å². The summed E-state index contributed by atoms with van der Waals surface area (Å²) >= 11 is 0. The SMILES string of the molecule is CC(C)(C)C(=O)OCOCc1ccccc1. The van der Waals surface area contributed by atoms with Crippen molar-refractivity contribution in [2.24, 2.45) is 5.41 Å². The van der Waals surface area contributed by atoms with Crippen LogP contribution in [-0.2, 0) is 20.9 Å². The Morgan fingerprint density at radius 2 is 1.81 bits per heavy atom. The molecule has 0 unspecified atom stereocenters. The van der Waals surface area contributed by atoms with Gasteiger partial charge in [0.15, 0.2) is 6.79 Å². The summed E-state index contributed by atoms with van der Waals surface area (Å²) in [5.74, 6) is -0.249. The van der Waals surface area contributed by atoms with E-state index in [0.717, 1.165) is 5.56 Å². The summed E-state index contributed by atoms with van der Waals surface area (Å²) in [5, 5.41) is 0. The number of carbonyl (C=O) groups excluding carboxylic acids is 1. The Kier molecular flexibility index (Phi) is 4.50. The molecule has 0 aromatic heterocycles. The number of benzene rings is 1. The predicted molar refractivity (Wildman–Crippen MR) is 61.6 cm³/mol. The van der Waals surface area contributed by atoms with E-state index in [1.807, 2.05) is 51.1 Å². The Balaban J connectivity index is 2.20. The molecule has 0 N–H and O–H groups in total. The minimum atomic E-state index is -0.476. The standard InChI is InChI=1S/C13H18O3/c1-13(2,3)12(14)16-10-15-9-11-7-5-4-6-8-11/h4-8H,9-10H2,1-3H3. The first kappa shape index (κ1) is 12.7. The van der Waals surface area contributed by atoms with Gasteiger partial charge < -0.3 is 9.47 Å². The average molecular weight is 222 g/mol. The molecule has 3 heteroatoms. The maximum atomic E-state index is 11.4. The van der Waals surface area contributed by atoms with Crippen LogP contribution in [0, 0.1) is 5.41 Å². The molecular formula is C13H18O3. The number of hydrogen-bond donors (Lipinski definition) is 0. The molecule has 0 bridgehead atoms. The molecule has 0 spiro atoms. The molecule has 0 radical (unpaired) electrons. The first-order valence-corrected chi connectivity index (χ1v) is 5.29. The van der Waals surface area contributed by atoms with Gasteiger partial charge in [-0.2, -0.15) is 0 Å². The second-order valence-electron chi connectivity index (χ2n) is 4.63. The van der Waals surface area contributed by atoms with Crippen LogP contribution in [0.15, 0.2) is 30.3 Å². The summed E-state index contributed by atoms with van der Waals surface area (Å²) in [5.41, 5.74) is 0.588. The van der Waals surface area contributed by atoms with E-state index >= 15 is 0 Å². The van der Waals surface area contributed by atoms with Crippen molar-refractivity contribution in [3.05, 3.63) is 35.9 Å². The predicted octanol–water partition coefficient (Wildman–Crippen LogP) is 2.75. The fourth-order valence-corrected chi connectivity index (χ4v) is 1.05. The monoisotopic (exact) mass is 222 g/mol.